The summed E-state index contributed by atoms with van der Waals surface area (Å²) in [6.45, 7) is 0.690. The first-order chi connectivity index (χ1) is 6.24. The molecular weight excluding hydrogens is 172 g/mol. The van der Waals surface area contributed by atoms with Gasteiger partial charge in [0.05, 0.1) is 18.7 Å². The Morgan fingerprint density at radius 2 is 2.31 bits per heavy atom. The fourth-order valence-corrected chi connectivity index (χ4v) is 2.42. The number of fused-ring (bicyclic) bond motifs is 2. The molecule has 2 fully saturated rings. The van der Waals surface area contributed by atoms with E-state index in [1.807, 2.05) is 0 Å². The molecule has 0 saturated carbocycles. The van der Waals surface area contributed by atoms with E-state index >= 15 is 0 Å². The average Bonchev–Trinajstić information content (AvgIpc) is 2.42. The van der Waals surface area contributed by atoms with E-state index in [2.05, 4.69) is 5.32 Å². The molecule has 0 radical (unpaired) electrons. The lowest BCUT2D eigenvalue weighted by molar-refractivity contribution is 0.0749. The summed E-state index contributed by atoms with van der Waals surface area (Å²) in [5.41, 5.74) is 0. The van der Waals surface area contributed by atoms with Gasteiger partial charge in [-0.2, -0.15) is 0 Å². The molecule has 0 aromatic heterocycles. The van der Waals surface area contributed by atoms with Crippen molar-refractivity contribution in [3.05, 3.63) is 0 Å². The minimum Gasteiger partial charge on any atom is -0.465 e. The van der Waals surface area contributed by atoms with Crippen molar-refractivity contribution in [1.29, 1.82) is 0 Å². The third-order valence-corrected chi connectivity index (χ3v) is 3.04. The summed E-state index contributed by atoms with van der Waals surface area (Å²) in [6.07, 6.45) is 0.933. The molecule has 2 aliphatic heterocycles. The van der Waals surface area contributed by atoms with Crippen molar-refractivity contribution >= 4 is 6.09 Å². The highest BCUT2D eigenvalue weighted by molar-refractivity contribution is 5.66. The highest BCUT2D eigenvalue weighted by Gasteiger charge is 2.44. The van der Waals surface area contributed by atoms with Gasteiger partial charge in [0, 0.05) is 12.6 Å². The van der Waals surface area contributed by atoms with E-state index < -0.39 is 6.09 Å². The maximum Gasteiger partial charge on any atom is 0.407 e. The second-order valence-corrected chi connectivity index (χ2v) is 3.69. The van der Waals surface area contributed by atoms with Crippen LogP contribution in [0.15, 0.2) is 0 Å². The van der Waals surface area contributed by atoms with Crippen LogP contribution in [0.5, 0.6) is 0 Å². The van der Waals surface area contributed by atoms with Gasteiger partial charge in [0.15, 0.2) is 0 Å². The number of piperazine rings is 1. The molecule has 5 nitrogen and oxygen atoms in total. The summed E-state index contributed by atoms with van der Waals surface area (Å²) < 4.78 is 0. The molecule has 13 heavy (non-hydrogen) atoms. The van der Waals surface area contributed by atoms with Crippen LogP contribution in [0, 0.1) is 0 Å². The van der Waals surface area contributed by atoms with Crippen LogP contribution in [0.25, 0.3) is 0 Å². The maximum absolute atomic E-state index is 10.9. The first kappa shape index (κ1) is 8.77. The Labute approximate surface area is 76.3 Å². The molecule has 2 heterocycles. The van der Waals surface area contributed by atoms with Gasteiger partial charge in [-0.05, 0) is 12.8 Å². The zero-order chi connectivity index (χ0) is 9.42. The predicted molar refractivity (Wildman–Crippen MR) is 45.6 cm³/mol. The second-order valence-electron chi connectivity index (χ2n) is 3.69. The van der Waals surface area contributed by atoms with E-state index in [4.69, 9.17) is 10.2 Å². The normalized spacial score (nSPS) is 37.9. The monoisotopic (exact) mass is 186 g/mol. The fraction of sp³-hybridized carbons (Fsp3) is 0.875. The highest BCUT2D eigenvalue weighted by atomic mass is 16.4. The van der Waals surface area contributed by atoms with Gasteiger partial charge < -0.3 is 15.5 Å². The molecule has 0 aliphatic carbocycles. The van der Waals surface area contributed by atoms with Crippen LogP contribution in [-0.4, -0.2) is 52.5 Å². The molecule has 5 heteroatoms. The van der Waals surface area contributed by atoms with E-state index in [1.165, 1.54) is 4.90 Å². The SMILES string of the molecule is O=C(O)N1C2CC[C@@H]1CNC2CO. The largest absolute Gasteiger partial charge is 0.465 e. The number of nitrogens with zero attached hydrogens (tertiary/aromatic N) is 1. The van der Waals surface area contributed by atoms with Crippen molar-refractivity contribution in [1.82, 2.24) is 10.2 Å². The topological polar surface area (TPSA) is 72.8 Å². The lowest BCUT2D eigenvalue weighted by atomic mass is 10.1. The van der Waals surface area contributed by atoms with Crippen LogP contribution in [0.1, 0.15) is 12.8 Å². The summed E-state index contributed by atoms with van der Waals surface area (Å²) in [7, 11) is 0. The summed E-state index contributed by atoms with van der Waals surface area (Å²) in [6, 6.07) is 0.0152. The summed E-state index contributed by atoms with van der Waals surface area (Å²) in [5, 5.41) is 21.1. The number of carboxylic acid groups (broad SMARTS) is 1. The van der Waals surface area contributed by atoms with Gasteiger partial charge >= 0.3 is 6.09 Å². The smallest absolute Gasteiger partial charge is 0.407 e. The van der Waals surface area contributed by atoms with Gasteiger partial charge in [0.25, 0.3) is 0 Å². The van der Waals surface area contributed by atoms with E-state index in [0.717, 1.165) is 12.8 Å². The average molecular weight is 186 g/mol. The Morgan fingerprint density at radius 1 is 1.54 bits per heavy atom. The van der Waals surface area contributed by atoms with Crippen molar-refractivity contribution in [2.75, 3.05) is 13.2 Å². The number of amides is 1. The Bertz CT molecular complexity index is 221. The Hall–Kier alpha value is -0.810. The number of nitrogens with one attached hydrogen (secondary N) is 1. The van der Waals surface area contributed by atoms with Crippen molar-refractivity contribution < 1.29 is 15.0 Å². The summed E-state index contributed by atoms with van der Waals surface area (Å²) >= 11 is 0. The lowest BCUT2D eigenvalue weighted by Gasteiger charge is -2.38. The number of carbonyl (C=O) groups is 1. The third-order valence-electron chi connectivity index (χ3n) is 3.04. The Balaban J connectivity index is 2.15. The molecule has 2 unspecified atom stereocenters. The molecule has 3 N–H and O–H groups in total. The predicted octanol–water partition coefficient (Wildman–Crippen LogP) is -0.539. The molecule has 3 atom stereocenters. The van der Waals surface area contributed by atoms with Crippen LogP contribution in [-0.2, 0) is 0 Å². The molecule has 2 aliphatic rings. The lowest BCUT2D eigenvalue weighted by Crippen LogP contribution is -2.60. The molecule has 2 bridgehead atoms. The summed E-state index contributed by atoms with van der Waals surface area (Å²) in [5.74, 6) is 0. The first-order valence-corrected chi connectivity index (χ1v) is 4.59. The van der Waals surface area contributed by atoms with Crippen molar-refractivity contribution in [3.8, 4) is 0 Å². The van der Waals surface area contributed by atoms with Gasteiger partial charge in [0.1, 0.15) is 0 Å². The van der Waals surface area contributed by atoms with Crippen molar-refractivity contribution in [2.45, 2.75) is 31.0 Å². The van der Waals surface area contributed by atoms with Gasteiger partial charge in [-0.25, -0.2) is 4.79 Å². The van der Waals surface area contributed by atoms with Gasteiger partial charge in [-0.15, -0.1) is 0 Å². The Kier molecular flexibility index (Phi) is 2.13. The quantitative estimate of drug-likeness (QED) is 0.514. The third kappa shape index (κ3) is 1.28. The number of hydrogen-bond donors (Lipinski definition) is 3. The molecule has 0 aromatic carbocycles. The molecule has 74 valence electrons. The first-order valence-electron chi connectivity index (χ1n) is 4.59. The van der Waals surface area contributed by atoms with Crippen LogP contribution in [0.4, 0.5) is 4.79 Å². The van der Waals surface area contributed by atoms with E-state index in [0.29, 0.717) is 6.54 Å². The van der Waals surface area contributed by atoms with E-state index in [1.54, 1.807) is 0 Å². The zero-order valence-corrected chi connectivity index (χ0v) is 7.31. The molecule has 0 spiro atoms. The van der Waals surface area contributed by atoms with Crippen LogP contribution >= 0.6 is 0 Å². The standard InChI is InChI=1S/C8H14N2O3/c11-4-6-7-2-1-5(3-9-6)10(7)8(12)13/h5-7,9,11H,1-4H2,(H,12,13)/t5-,6?,7?/m1/s1. The molecule has 2 saturated heterocycles. The van der Waals surface area contributed by atoms with E-state index in [9.17, 15) is 4.79 Å². The van der Waals surface area contributed by atoms with Gasteiger partial charge in [-0.3, -0.25) is 4.90 Å². The summed E-state index contributed by atoms with van der Waals surface area (Å²) in [4.78, 5) is 12.4. The highest BCUT2D eigenvalue weighted by Crippen LogP contribution is 2.29. The molecule has 2 rings (SSSR count). The van der Waals surface area contributed by atoms with Gasteiger partial charge in [-0.1, -0.05) is 0 Å². The van der Waals surface area contributed by atoms with Gasteiger partial charge in [0.2, 0.25) is 0 Å². The van der Waals surface area contributed by atoms with Crippen molar-refractivity contribution in [2.24, 2.45) is 0 Å². The van der Waals surface area contributed by atoms with E-state index in [-0.39, 0.29) is 24.7 Å². The van der Waals surface area contributed by atoms with Crippen LogP contribution < -0.4 is 5.32 Å². The van der Waals surface area contributed by atoms with Crippen LogP contribution in [0.3, 0.4) is 0 Å². The molecule has 1 amide bonds. The number of hydrogen-bond acceptors (Lipinski definition) is 3. The number of aliphatic hydroxyl groups is 1. The minimum atomic E-state index is -0.854. The Morgan fingerprint density at radius 3 is 2.92 bits per heavy atom. The zero-order valence-electron chi connectivity index (χ0n) is 7.31. The second kappa shape index (κ2) is 3.16. The number of rotatable bonds is 1. The van der Waals surface area contributed by atoms with Crippen LogP contribution in [0.2, 0.25) is 0 Å². The molecule has 0 aromatic rings. The number of aliphatic hydroxyl groups excluding tert-OH is 1. The maximum atomic E-state index is 10.9. The molecular formula is C8H14N2O3. The minimum absolute atomic E-state index is 0.0150. The van der Waals surface area contributed by atoms with Crippen molar-refractivity contribution in [3.63, 3.8) is 0 Å². The fourth-order valence-electron chi connectivity index (χ4n) is 2.42.